The van der Waals surface area contributed by atoms with Crippen molar-refractivity contribution in [1.29, 1.82) is 10.5 Å². The lowest BCUT2D eigenvalue weighted by atomic mass is 10.1. The molecule has 1 rings (SSSR count). The average Bonchev–Trinajstić information content (AvgIpc) is 2.28. The molecule has 0 amide bonds. The van der Waals surface area contributed by atoms with Crippen LogP contribution in [0.2, 0.25) is 0 Å². The lowest BCUT2D eigenvalue weighted by Gasteiger charge is -2.02. The maximum atomic E-state index is 11.7. The molecule has 0 saturated heterocycles. The molecule has 0 aliphatic rings. The third-order valence-corrected chi connectivity index (χ3v) is 3.82. The van der Waals surface area contributed by atoms with Crippen LogP contribution < -0.4 is 0 Å². The molecule has 0 atom stereocenters. The summed E-state index contributed by atoms with van der Waals surface area (Å²) in [5, 5.41) is 17.4. The first kappa shape index (κ1) is 12.2. The largest absolute Gasteiger partial charge is 0.224 e. The Hall–Kier alpha value is -1.85. The second-order valence-electron chi connectivity index (χ2n) is 3.17. The summed E-state index contributed by atoms with van der Waals surface area (Å²) in [6, 6.07) is 8.56. The van der Waals surface area contributed by atoms with Crippen molar-refractivity contribution in [1.82, 2.24) is 0 Å². The van der Waals surface area contributed by atoms with Gasteiger partial charge in [0.25, 0.3) is 0 Å². The molecule has 4 nitrogen and oxygen atoms in total. The smallest absolute Gasteiger partial charge is 0.179 e. The van der Waals surface area contributed by atoms with E-state index in [4.69, 9.17) is 10.5 Å². The second kappa shape index (κ2) is 4.78. The zero-order chi connectivity index (χ0) is 12.2. The highest BCUT2D eigenvalue weighted by Crippen LogP contribution is 2.16. The SMILES string of the molecule is CCCS(=O)(=O)c1[c]cc(C#N)c(C#N)c1. The highest BCUT2D eigenvalue weighted by Gasteiger charge is 2.15. The maximum absolute atomic E-state index is 11.7. The van der Waals surface area contributed by atoms with Crippen LogP contribution in [0, 0.1) is 28.7 Å². The Bertz CT molecular complexity index is 577. The fourth-order valence-electron chi connectivity index (χ4n) is 1.21. The molecule has 1 aromatic carbocycles. The Labute approximate surface area is 94.7 Å². The van der Waals surface area contributed by atoms with E-state index in [9.17, 15) is 8.42 Å². The topological polar surface area (TPSA) is 81.7 Å². The van der Waals surface area contributed by atoms with Gasteiger partial charge in [0.2, 0.25) is 0 Å². The number of sulfone groups is 1. The number of nitrogens with zero attached hydrogens (tertiary/aromatic N) is 2. The summed E-state index contributed by atoms with van der Waals surface area (Å²) in [5.74, 6) is 0.0142. The van der Waals surface area contributed by atoms with Crippen molar-refractivity contribution in [2.24, 2.45) is 0 Å². The number of nitriles is 2. The van der Waals surface area contributed by atoms with Crippen LogP contribution in [0.25, 0.3) is 0 Å². The van der Waals surface area contributed by atoms with E-state index in [1.54, 1.807) is 13.0 Å². The molecule has 0 N–H and O–H groups in total. The summed E-state index contributed by atoms with van der Waals surface area (Å²) in [4.78, 5) is -0.0232. The first-order valence-electron chi connectivity index (χ1n) is 4.64. The van der Waals surface area contributed by atoms with Gasteiger partial charge in [0.05, 0.1) is 21.8 Å². The maximum Gasteiger partial charge on any atom is 0.179 e. The standard InChI is InChI=1S/C11H9N2O2S/c1-2-5-16(14,15)11-4-3-9(7-12)10(6-11)8-13/h3,6H,2,5H2,1H3. The summed E-state index contributed by atoms with van der Waals surface area (Å²) < 4.78 is 23.4. The quantitative estimate of drug-likeness (QED) is 0.790. The monoisotopic (exact) mass is 233 g/mol. The van der Waals surface area contributed by atoms with E-state index >= 15 is 0 Å². The molecule has 0 bridgehead atoms. The minimum absolute atomic E-state index is 0.0142. The predicted molar refractivity (Wildman–Crippen MR) is 57.1 cm³/mol. The van der Waals surface area contributed by atoms with Crippen LogP contribution in [-0.2, 0) is 9.84 Å². The zero-order valence-corrected chi connectivity index (χ0v) is 9.50. The van der Waals surface area contributed by atoms with E-state index in [1.165, 1.54) is 12.1 Å². The minimum atomic E-state index is -3.38. The third-order valence-electron chi connectivity index (χ3n) is 1.97. The highest BCUT2D eigenvalue weighted by molar-refractivity contribution is 7.91. The van der Waals surface area contributed by atoms with Crippen molar-refractivity contribution in [2.45, 2.75) is 18.2 Å². The van der Waals surface area contributed by atoms with Crippen LogP contribution in [0.3, 0.4) is 0 Å². The number of hydrogen-bond acceptors (Lipinski definition) is 4. The fourth-order valence-corrected chi connectivity index (χ4v) is 2.51. The number of benzene rings is 1. The lowest BCUT2D eigenvalue weighted by Crippen LogP contribution is -2.06. The van der Waals surface area contributed by atoms with Gasteiger partial charge < -0.3 is 0 Å². The molecule has 0 unspecified atom stereocenters. The molecular formula is C11H9N2O2S. The van der Waals surface area contributed by atoms with Gasteiger partial charge in [-0.2, -0.15) is 10.5 Å². The van der Waals surface area contributed by atoms with Crippen molar-refractivity contribution in [3.8, 4) is 12.1 Å². The molecule has 0 aliphatic heterocycles. The molecule has 0 fully saturated rings. The molecule has 16 heavy (non-hydrogen) atoms. The minimum Gasteiger partial charge on any atom is -0.224 e. The van der Waals surface area contributed by atoms with Crippen LogP contribution in [-0.4, -0.2) is 14.2 Å². The van der Waals surface area contributed by atoms with Crippen molar-refractivity contribution in [3.05, 3.63) is 29.3 Å². The lowest BCUT2D eigenvalue weighted by molar-refractivity contribution is 0.594. The van der Waals surface area contributed by atoms with Crippen molar-refractivity contribution >= 4 is 9.84 Å². The molecule has 81 valence electrons. The van der Waals surface area contributed by atoms with Crippen LogP contribution in [0.5, 0.6) is 0 Å². The number of rotatable bonds is 3. The van der Waals surface area contributed by atoms with E-state index in [-0.39, 0.29) is 21.8 Å². The van der Waals surface area contributed by atoms with Gasteiger partial charge in [-0.25, -0.2) is 8.42 Å². The van der Waals surface area contributed by atoms with Gasteiger partial charge in [0.1, 0.15) is 12.1 Å². The van der Waals surface area contributed by atoms with Crippen molar-refractivity contribution < 1.29 is 8.42 Å². The first-order chi connectivity index (χ1) is 7.55. The Morgan fingerprint density at radius 3 is 2.44 bits per heavy atom. The molecule has 0 aromatic heterocycles. The molecule has 5 heteroatoms. The van der Waals surface area contributed by atoms with Crippen LogP contribution >= 0.6 is 0 Å². The molecule has 0 spiro atoms. The number of hydrogen-bond donors (Lipinski definition) is 0. The Morgan fingerprint density at radius 2 is 1.94 bits per heavy atom. The molecule has 1 radical (unpaired) electrons. The van der Waals surface area contributed by atoms with Crippen LogP contribution in [0.1, 0.15) is 24.5 Å². The van der Waals surface area contributed by atoms with E-state index in [0.29, 0.717) is 6.42 Å². The summed E-state index contributed by atoms with van der Waals surface area (Å²) in [6.45, 7) is 1.76. The first-order valence-corrected chi connectivity index (χ1v) is 6.29. The van der Waals surface area contributed by atoms with Gasteiger partial charge >= 0.3 is 0 Å². The molecular weight excluding hydrogens is 224 g/mol. The van der Waals surface area contributed by atoms with Crippen LogP contribution in [0.4, 0.5) is 0 Å². The summed E-state index contributed by atoms with van der Waals surface area (Å²) >= 11 is 0. The van der Waals surface area contributed by atoms with Gasteiger partial charge in [-0.15, -0.1) is 0 Å². The normalized spacial score (nSPS) is 10.4. The highest BCUT2D eigenvalue weighted by atomic mass is 32.2. The van der Waals surface area contributed by atoms with Gasteiger partial charge in [-0.05, 0) is 18.6 Å². The average molecular weight is 233 g/mol. The van der Waals surface area contributed by atoms with Gasteiger partial charge in [0.15, 0.2) is 9.84 Å². The third kappa shape index (κ3) is 2.39. The fraction of sp³-hybridized carbons (Fsp3) is 0.273. The van der Waals surface area contributed by atoms with Gasteiger partial charge in [0, 0.05) is 6.07 Å². The molecule has 0 aliphatic carbocycles. The zero-order valence-electron chi connectivity index (χ0n) is 8.69. The van der Waals surface area contributed by atoms with Gasteiger partial charge in [-0.3, -0.25) is 0 Å². The van der Waals surface area contributed by atoms with E-state index in [2.05, 4.69) is 6.07 Å². The summed E-state index contributed by atoms with van der Waals surface area (Å²) in [5.41, 5.74) is 0.203. The Balaban J connectivity index is 3.32. The molecule has 0 saturated carbocycles. The van der Waals surface area contributed by atoms with Crippen LogP contribution in [0.15, 0.2) is 17.0 Å². The second-order valence-corrected chi connectivity index (χ2v) is 5.24. The molecule has 1 aromatic rings. The van der Waals surface area contributed by atoms with E-state index < -0.39 is 9.84 Å². The summed E-state index contributed by atoms with van der Waals surface area (Å²) in [6.07, 6.45) is 0.498. The Morgan fingerprint density at radius 1 is 1.31 bits per heavy atom. The van der Waals surface area contributed by atoms with Crippen molar-refractivity contribution in [2.75, 3.05) is 5.75 Å². The van der Waals surface area contributed by atoms with Crippen molar-refractivity contribution in [3.63, 3.8) is 0 Å². The molecule has 0 heterocycles. The van der Waals surface area contributed by atoms with Gasteiger partial charge in [-0.1, -0.05) is 6.92 Å². The predicted octanol–water partition coefficient (Wildman–Crippen LogP) is 1.41. The van der Waals surface area contributed by atoms with E-state index in [0.717, 1.165) is 0 Å². The van der Waals surface area contributed by atoms with E-state index in [1.807, 2.05) is 6.07 Å². The Kier molecular flexibility index (Phi) is 3.65. The summed E-state index contributed by atoms with van der Waals surface area (Å²) in [7, 11) is -3.38.